The first-order valence-electron chi connectivity index (χ1n) is 7.12. The first-order valence-corrected chi connectivity index (χ1v) is 7.94. The van der Waals surface area contributed by atoms with Crippen molar-refractivity contribution in [2.24, 2.45) is 7.05 Å². The van der Waals surface area contributed by atoms with Crippen LogP contribution in [0.15, 0.2) is 47.3 Å². The molecule has 0 saturated carbocycles. The molecule has 1 N–H and O–H groups in total. The Hall–Kier alpha value is -2.60. The van der Waals surface area contributed by atoms with Crippen LogP contribution in [0.5, 0.6) is 5.75 Å². The number of benzene rings is 2. The Balaban J connectivity index is 1.68. The van der Waals surface area contributed by atoms with Gasteiger partial charge in [-0.1, -0.05) is 29.5 Å². The Bertz CT molecular complexity index is 927. The summed E-state index contributed by atoms with van der Waals surface area (Å²) in [5, 5.41) is 2.78. The Kier molecular flexibility index (Phi) is 4.16. The lowest BCUT2D eigenvalue weighted by Gasteiger charge is -2.09. The van der Waals surface area contributed by atoms with Crippen molar-refractivity contribution in [2.45, 2.75) is 6.92 Å². The number of hydrogen-bond donors (Lipinski definition) is 1. The summed E-state index contributed by atoms with van der Waals surface area (Å²) in [5.41, 5.74) is 2.49. The number of thiazole rings is 1. The van der Waals surface area contributed by atoms with Crippen molar-refractivity contribution < 1.29 is 9.53 Å². The smallest absolute Gasteiger partial charge is 0.307 e. The number of hydrogen-bond acceptors (Lipinski definition) is 4. The Morgan fingerprint density at radius 3 is 2.83 bits per heavy atom. The maximum absolute atomic E-state index is 12.0. The minimum Gasteiger partial charge on any atom is -0.483 e. The van der Waals surface area contributed by atoms with Gasteiger partial charge in [-0.25, -0.2) is 0 Å². The number of nitrogens with zero attached hydrogens (tertiary/aromatic N) is 1. The van der Waals surface area contributed by atoms with Crippen LogP contribution in [0.25, 0.3) is 10.2 Å². The van der Waals surface area contributed by atoms with Crippen LogP contribution in [-0.2, 0) is 11.8 Å². The molecule has 0 radical (unpaired) electrons. The third-order valence-electron chi connectivity index (χ3n) is 3.53. The topological polar surface area (TPSA) is 60.3 Å². The van der Waals surface area contributed by atoms with Gasteiger partial charge in [0, 0.05) is 12.7 Å². The van der Waals surface area contributed by atoms with Gasteiger partial charge in [-0.3, -0.25) is 9.59 Å². The number of ether oxygens (including phenoxy) is 1. The molecule has 0 atom stereocenters. The highest BCUT2D eigenvalue weighted by Gasteiger charge is 2.08. The van der Waals surface area contributed by atoms with Gasteiger partial charge in [-0.15, -0.1) is 0 Å². The lowest BCUT2D eigenvalue weighted by atomic mass is 10.2. The second-order valence-electron chi connectivity index (χ2n) is 5.21. The van der Waals surface area contributed by atoms with Gasteiger partial charge in [0.2, 0.25) is 0 Å². The quantitative estimate of drug-likeness (QED) is 0.801. The molecule has 0 aliphatic carbocycles. The fourth-order valence-corrected chi connectivity index (χ4v) is 3.19. The minimum absolute atomic E-state index is 0.0219. The predicted molar refractivity (Wildman–Crippen MR) is 92.4 cm³/mol. The van der Waals surface area contributed by atoms with E-state index < -0.39 is 0 Å². The van der Waals surface area contributed by atoms with E-state index in [9.17, 15) is 9.59 Å². The van der Waals surface area contributed by atoms with Crippen LogP contribution < -0.4 is 14.9 Å². The minimum atomic E-state index is -0.240. The van der Waals surface area contributed by atoms with Gasteiger partial charge in [0.15, 0.2) is 6.61 Å². The molecule has 23 heavy (non-hydrogen) atoms. The summed E-state index contributed by atoms with van der Waals surface area (Å²) in [6.07, 6.45) is 0. The second kappa shape index (κ2) is 6.26. The molecule has 0 bridgehead atoms. The second-order valence-corrected chi connectivity index (χ2v) is 6.21. The van der Waals surface area contributed by atoms with E-state index in [-0.39, 0.29) is 17.4 Å². The molecule has 118 valence electrons. The number of carbonyl (C=O) groups excluding carboxylic acids is 1. The maximum atomic E-state index is 12.0. The highest BCUT2D eigenvalue weighted by Crippen LogP contribution is 2.21. The van der Waals surface area contributed by atoms with E-state index in [1.165, 1.54) is 0 Å². The molecule has 1 aromatic heterocycles. The lowest BCUT2D eigenvalue weighted by Crippen LogP contribution is -2.20. The molecule has 0 aliphatic heterocycles. The third-order valence-corrected chi connectivity index (χ3v) is 4.52. The number of nitrogens with one attached hydrogen (secondary N) is 1. The Morgan fingerprint density at radius 2 is 2.04 bits per heavy atom. The fourth-order valence-electron chi connectivity index (χ4n) is 2.27. The van der Waals surface area contributed by atoms with E-state index in [1.807, 2.05) is 37.3 Å². The monoisotopic (exact) mass is 328 g/mol. The number of para-hydroxylation sites is 1. The first-order chi connectivity index (χ1) is 11.0. The van der Waals surface area contributed by atoms with Gasteiger partial charge < -0.3 is 14.6 Å². The van der Waals surface area contributed by atoms with E-state index in [0.717, 1.165) is 27.1 Å². The Labute approximate surface area is 137 Å². The van der Waals surface area contributed by atoms with Crippen molar-refractivity contribution in [3.05, 3.63) is 57.7 Å². The van der Waals surface area contributed by atoms with E-state index in [2.05, 4.69) is 5.32 Å². The van der Waals surface area contributed by atoms with Crippen LogP contribution in [0.3, 0.4) is 0 Å². The number of amides is 1. The SMILES string of the molecule is Cc1ccccc1OCC(=O)Nc1ccc2c(c1)sc(=O)n2C. The molecular formula is C17H16N2O3S. The van der Waals surface area contributed by atoms with Crippen LogP contribution in [0.2, 0.25) is 0 Å². The third kappa shape index (κ3) is 3.27. The maximum Gasteiger partial charge on any atom is 0.307 e. The zero-order valence-corrected chi connectivity index (χ0v) is 13.6. The summed E-state index contributed by atoms with van der Waals surface area (Å²) >= 11 is 1.16. The van der Waals surface area contributed by atoms with Crippen LogP contribution in [0, 0.1) is 6.92 Å². The first kappa shape index (κ1) is 15.3. The van der Waals surface area contributed by atoms with Crippen molar-refractivity contribution in [1.29, 1.82) is 0 Å². The van der Waals surface area contributed by atoms with Gasteiger partial charge in [0.05, 0.1) is 10.2 Å². The largest absolute Gasteiger partial charge is 0.483 e. The normalized spacial score (nSPS) is 10.7. The van der Waals surface area contributed by atoms with Crippen molar-refractivity contribution in [3.63, 3.8) is 0 Å². The molecular weight excluding hydrogens is 312 g/mol. The summed E-state index contributed by atoms with van der Waals surface area (Å²) in [4.78, 5) is 23.6. The molecule has 0 fully saturated rings. The molecule has 1 heterocycles. The standard InChI is InChI=1S/C17H16N2O3S/c1-11-5-3-4-6-14(11)22-10-16(20)18-12-7-8-13-15(9-12)23-17(21)19(13)2/h3-9H,10H2,1-2H3,(H,18,20). The van der Waals surface area contributed by atoms with E-state index in [0.29, 0.717) is 11.4 Å². The molecule has 0 saturated heterocycles. The zero-order valence-electron chi connectivity index (χ0n) is 12.8. The van der Waals surface area contributed by atoms with Crippen molar-refractivity contribution >= 4 is 33.1 Å². The molecule has 0 aliphatic rings. The van der Waals surface area contributed by atoms with Crippen molar-refractivity contribution in [2.75, 3.05) is 11.9 Å². The van der Waals surface area contributed by atoms with Gasteiger partial charge in [-0.05, 0) is 36.8 Å². The molecule has 5 nitrogen and oxygen atoms in total. The molecule has 0 unspecified atom stereocenters. The molecule has 3 aromatic rings. The Morgan fingerprint density at radius 1 is 1.26 bits per heavy atom. The average Bonchev–Trinajstić information content (AvgIpc) is 2.81. The van der Waals surface area contributed by atoms with Crippen molar-refractivity contribution in [1.82, 2.24) is 4.57 Å². The van der Waals surface area contributed by atoms with Crippen LogP contribution >= 0.6 is 11.3 Å². The summed E-state index contributed by atoms with van der Waals surface area (Å²) in [6, 6.07) is 12.9. The van der Waals surface area contributed by atoms with Gasteiger partial charge in [0.25, 0.3) is 5.91 Å². The van der Waals surface area contributed by atoms with Gasteiger partial charge in [0.1, 0.15) is 5.75 Å². The van der Waals surface area contributed by atoms with E-state index in [1.54, 1.807) is 23.7 Å². The van der Waals surface area contributed by atoms with Gasteiger partial charge >= 0.3 is 4.87 Å². The summed E-state index contributed by atoms with van der Waals surface area (Å²) < 4.78 is 7.95. The number of rotatable bonds is 4. The van der Waals surface area contributed by atoms with Crippen LogP contribution in [0.1, 0.15) is 5.56 Å². The summed E-state index contributed by atoms with van der Waals surface area (Å²) in [6.45, 7) is 1.87. The molecule has 6 heteroatoms. The molecule has 1 amide bonds. The van der Waals surface area contributed by atoms with E-state index in [4.69, 9.17) is 4.74 Å². The molecule has 3 rings (SSSR count). The molecule has 2 aromatic carbocycles. The highest BCUT2D eigenvalue weighted by atomic mass is 32.1. The predicted octanol–water partition coefficient (Wildman–Crippen LogP) is 2.93. The highest BCUT2D eigenvalue weighted by molar-refractivity contribution is 7.16. The van der Waals surface area contributed by atoms with E-state index >= 15 is 0 Å². The number of aromatic nitrogens is 1. The average molecular weight is 328 g/mol. The fraction of sp³-hybridized carbons (Fsp3) is 0.176. The summed E-state index contributed by atoms with van der Waals surface area (Å²) in [7, 11) is 1.73. The zero-order chi connectivity index (χ0) is 16.4. The number of fused-ring (bicyclic) bond motifs is 1. The van der Waals surface area contributed by atoms with Gasteiger partial charge in [-0.2, -0.15) is 0 Å². The van der Waals surface area contributed by atoms with Crippen LogP contribution in [-0.4, -0.2) is 17.1 Å². The summed E-state index contributed by atoms with van der Waals surface area (Å²) in [5.74, 6) is 0.454. The molecule has 0 spiro atoms. The van der Waals surface area contributed by atoms with Crippen molar-refractivity contribution in [3.8, 4) is 5.75 Å². The number of aryl methyl sites for hydroxylation is 2. The number of anilines is 1. The van der Waals surface area contributed by atoms with Crippen LogP contribution in [0.4, 0.5) is 5.69 Å². The lowest BCUT2D eigenvalue weighted by molar-refractivity contribution is -0.118. The number of carbonyl (C=O) groups is 1.